The summed E-state index contributed by atoms with van der Waals surface area (Å²) in [6, 6.07) is 6.22. The van der Waals surface area contributed by atoms with Crippen LogP contribution in [0.3, 0.4) is 0 Å². The topological polar surface area (TPSA) is 135 Å². The molecule has 0 radical (unpaired) electrons. The van der Waals surface area contributed by atoms with E-state index in [9.17, 15) is 5.11 Å². The highest BCUT2D eigenvalue weighted by molar-refractivity contribution is 5.89. The van der Waals surface area contributed by atoms with Crippen LogP contribution in [0, 0.1) is 0 Å². The van der Waals surface area contributed by atoms with Crippen LogP contribution in [0.4, 0.5) is 17.5 Å². The third-order valence-corrected chi connectivity index (χ3v) is 5.76. The van der Waals surface area contributed by atoms with E-state index in [0.29, 0.717) is 30.3 Å². The number of rotatable bonds is 12. The van der Waals surface area contributed by atoms with E-state index >= 15 is 0 Å². The van der Waals surface area contributed by atoms with E-state index in [1.165, 1.54) is 5.56 Å². The van der Waals surface area contributed by atoms with Crippen molar-refractivity contribution in [1.29, 1.82) is 0 Å². The summed E-state index contributed by atoms with van der Waals surface area (Å²) in [6.07, 6.45) is 3.59. The molecule has 186 valence electrons. The lowest BCUT2D eigenvalue weighted by molar-refractivity contribution is 0.0341. The summed E-state index contributed by atoms with van der Waals surface area (Å²) in [7, 11) is 1.67. The van der Waals surface area contributed by atoms with Crippen LogP contribution in [0.1, 0.15) is 36.6 Å². The molecule has 0 spiro atoms. The number of benzene rings is 1. The number of nitrogen functional groups attached to an aromatic ring is 2. The van der Waals surface area contributed by atoms with Gasteiger partial charge < -0.3 is 30.9 Å². The normalized spacial score (nSPS) is 14.6. The third-order valence-electron chi connectivity index (χ3n) is 5.76. The monoisotopic (exact) mass is 471 g/mol. The first-order chi connectivity index (χ1) is 16.5. The molecular formula is C24H37N7O3. The summed E-state index contributed by atoms with van der Waals surface area (Å²) < 4.78 is 11.0. The Morgan fingerprint density at radius 1 is 1.24 bits per heavy atom. The van der Waals surface area contributed by atoms with Gasteiger partial charge in [0.2, 0.25) is 5.95 Å². The van der Waals surface area contributed by atoms with Crippen LogP contribution in [-0.2, 0) is 17.8 Å². The molecule has 0 aliphatic carbocycles. The fraction of sp³-hybridized carbons (Fsp3) is 0.542. The van der Waals surface area contributed by atoms with Crippen LogP contribution < -0.4 is 21.1 Å². The Balaban J connectivity index is 1.73. The van der Waals surface area contributed by atoms with E-state index in [4.69, 9.17) is 20.9 Å². The molecule has 1 aliphatic heterocycles. The summed E-state index contributed by atoms with van der Waals surface area (Å²) in [5.74, 6) is 1.45. The summed E-state index contributed by atoms with van der Waals surface area (Å²) >= 11 is 0. The number of anilines is 3. The van der Waals surface area contributed by atoms with Crippen molar-refractivity contribution in [2.45, 2.75) is 32.9 Å². The van der Waals surface area contributed by atoms with Crippen molar-refractivity contribution in [3.8, 4) is 5.75 Å². The smallest absolute Gasteiger partial charge is 0.222 e. The Bertz CT molecular complexity index is 948. The highest BCUT2D eigenvalue weighted by atomic mass is 16.5. The van der Waals surface area contributed by atoms with Crippen molar-refractivity contribution < 1.29 is 14.6 Å². The summed E-state index contributed by atoms with van der Waals surface area (Å²) in [5, 5.41) is 9.45. The van der Waals surface area contributed by atoms with Crippen molar-refractivity contribution in [2.75, 3.05) is 69.5 Å². The molecule has 10 heteroatoms. The number of aliphatic hydroxyl groups excluding tert-OH is 1. The molecule has 0 saturated carbocycles. The van der Waals surface area contributed by atoms with Gasteiger partial charge >= 0.3 is 0 Å². The maximum absolute atomic E-state index is 9.45. The molecule has 5 N–H and O–H groups in total. The van der Waals surface area contributed by atoms with Gasteiger partial charge in [-0.1, -0.05) is 25.5 Å². The second kappa shape index (κ2) is 13.1. The van der Waals surface area contributed by atoms with E-state index in [-0.39, 0.29) is 12.6 Å². The average molecular weight is 472 g/mol. The number of nitrogens with two attached hydrogens (primary N) is 2. The van der Waals surface area contributed by atoms with E-state index in [2.05, 4.69) is 38.9 Å². The fourth-order valence-corrected chi connectivity index (χ4v) is 3.89. The molecule has 34 heavy (non-hydrogen) atoms. The first kappa shape index (κ1) is 25.7. The van der Waals surface area contributed by atoms with Gasteiger partial charge in [-0.3, -0.25) is 9.89 Å². The average Bonchev–Trinajstić information content (AvgIpc) is 2.85. The molecule has 1 aromatic heterocycles. The van der Waals surface area contributed by atoms with E-state index in [0.717, 1.165) is 63.5 Å². The maximum atomic E-state index is 9.45. The number of aromatic nitrogens is 2. The molecule has 1 aliphatic rings. The lowest BCUT2D eigenvalue weighted by atomic mass is 10.1. The van der Waals surface area contributed by atoms with Crippen LogP contribution in [0.5, 0.6) is 5.75 Å². The van der Waals surface area contributed by atoms with Gasteiger partial charge in [-0.25, -0.2) is 4.98 Å². The van der Waals surface area contributed by atoms with Gasteiger partial charge in [0.05, 0.1) is 33.5 Å². The lowest BCUT2D eigenvalue weighted by Crippen LogP contribution is -2.35. The SMILES string of the molecule is CCCCN(CCO)c1nc(N)nc(C=NCc2ccc(CN3CCOCC3)cc2OC)c1N. The quantitative estimate of drug-likeness (QED) is 0.395. The van der Waals surface area contributed by atoms with Crippen LogP contribution in [0.2, 0.25) is 0 Å². The first-order valence-electron chi connectivity index (χ1n) is 11.8. The van der Waals surface area contributed by atoms with E-state index in [1.807, 2.05) is 11.0 Å². The number of ether oxygens (including phenoxy) is 2. The number of aliphatic hydroxyl groups is 1. The Hall–Kier alpha value is -2.95. The molecule has 1 aromatic carbocycles. The number of methoxy groups -OCH3 is 1. The number of nitrogens with zero attached hydrogens (tertiary/aromatic N) is 5. The molecule has 2 heterocycles. The number of hydrogen-bond acceptors (Lipinski definition) is 10. The highest BCUT2D eigenvalue weighted by Gasteiger charge is 2.16. The van der Waals surface area contributed by atoms with Crippen LogP contribution in [0.25, 0.3) is 0 Å². The molecule has 0 atom stereocenters. The Morgan fingerprint density at radius 3 is 2.74 bits per heavy atom. The lowest BCUT2D eigenvalue weighted by Gasteiger charge is -2.26. The van der Waals surface area contributed by atoms with Gasteiger partial charge in [-0.05, 0) is 18.1 Å². The van der Waals surface area contributed by atoms with Crippen molar-refractivity contribution >= 4 is 23.7 Å². The van der Waals surface area contributed by atoms with Gasteiger partial charge in [-0.15, -0.1) is 0 Å². The number of aliphatic imine (C=N–C) groups is 1. The minimum atomic E-state index is -0.00217. The zero-order valence-corrected chi connectivity index (χ0v) is 20.2. The second-order valence-corrected chi connectivity index (χ2v) is 8.27. The number of morpholine rings is 1. The van der Waals surface area contributed by atoms with Crippen molar-refractivity contribution in [3.63, 3.8) is 0 Å². The fourth-order valence-electron chi connectivity index (χ4n) is 3.89. The Labute approximate surface area is 201 Å². The van der Waals surface area contributed by atoms with Gasteiger partial charge in [0, 0.05) is 44.5 Å². The summed E-state index contributed by atoms with van der Waals surface area (Å²) in [6.45, 7) is 7.96. The van der Waals surface area contributed by atoms with Gasteiger partial charge in [0.1, 0.15) is 17.1 Å². The van der Waals surface area contributed by atoms with Gasteiger partial charge in [-0.2, -0.15) is 4.98 Å². The predicted octanol–water partition coefficient (Wildman–Crippen LogP) is 1.70. The number of unbranched alkanes of at least 4 members (excludes halogenated alkanes) is 1. The predicted molar refractivity (Wildman–Crippen MR) is 135 cm³/mol. The van der Waals surface area contributed by atoms with Crippen molar-refractivity contribution in [1.82, 2.24) is 14.9 Å². The van der Waals surface area contributed by atoms with E-state index in [1.54, 1.807) is 13.3 Å². The minimum Gasteiger partial charge on any atom is -0.496 e. The summed E-state index contributed by atoms with van der Waals surface area (Å²) in [4.78, 5) is 17.4. The highest BCUT2D eigenvalue weighted by Crippen LogP contribution is 2.25. The van der Waals surface area contributed by atoms with Crippen molar-refractivity contribution in [2.24, 2.45) is 4.99 Å². The molecule has 0 amide bonds. The molecule has 2 aromatic rings. The molecular weight excluding hydrogens is 434 g/mol. The van der Waals surface area contributed by atoms with Crippen LogP contribution in [0.15, 0.2) is 23.2 Å². The van der Waals surface area contributed by atoms with Gasteiger partial charge in [0.25, 0.3) is 0 Å². The number of hydrogen-bond donors (Lipinski definition) is 3. The molecule has 10 nitrogen and oxygen atoms in total. The van der Waals surface area contributed by atoms with Gasteiger partial charge in [0.15, 0.2) is 5.82 Å². The second-order valence-electron chi connectivity index (χ2n) is 8.27. The standard InChI is InChI=1S/C24H37N7O3/c1-3-4-7-31(8-11-32)23-22(25)20(28-24(26)29-23)16-27-15-19-6-5-18(14-21(19)33-2)17-30-9-12-34-13-10-30/h5-6,14,16,32H,3-4,7-13,15,17,25H2,1-2H3,(H2,26,28,29). The van der Waals surface area contributed by atoms with E-state index < -0.39 is 0 Å². The minimum absolute atomic E-state index is 0.00217. The third kappa shape index (κ3) is 7.02. The molecule has 1 fully saturated rings. The van der Waals surface area contributed by atoms with Crippen LogP contribution >= 0.6 is 0 Å². The first-order valence-corrected chi connectivity index (χ1v) is 11.8. The van der Waals surface area contributed by atoms with Crippen LogP contribution in [-0.4, -0.2) is 79.3 Å². The molecule has 3 rings (SSSR count). The van der Waals surface area contributed by atoms with Crippen molar-refractivity contribution in [3.05, 3.63) is 35.0 Å². The molecule has 0 bridgehead atoms. The molecule has 1 saturated heterocycles. The zero-order valence-electron chi connectivity index (χ0n) is 20.2. The Morgan fingerprint density at radius 2 is 2.03 bits per heavy atom. The molecule has 0 unspecified atom stereocenters. The Kier molecular flexibility index (Phi) is 9.87. The maximum Gasteiger partial charge on any atom is 0.222 e. The zero-order chi connectivity index (χ0) is 24.3. The largest absolute Gasteiger partial charge is 0.496 e. The summed E-state index contributed by atoms with van der Waals surface area (Å²) in [5.41, 5.74) is 15.3.